The maximum Gasteiger partial charge on any atom is 0.240 e. The van der Waals surface area contributed by atoms with Crippen LogP contribution in [0.3, 0.4) is 0 Å². The van der Waals surface area contributed by atoms with Crippen LogP contribution in [0.4, 0.5) is 0 Å². The molecule has 0 saturated heterocycles. The predicted octanol–water partition coefficient (Wildman–Crippen LogP) is 2.69. The lowest BCUT2D eigenvalue weighted by Crippen LogP contribution is -2.37. The lowest BCUT2D eigenvalue weighted by atomic mass is 9.88. The first-order valence-electron chi connectivity index (χ1n) is 6.84. The molecular weight excluding hydrogens is 298 g/mol. The normalized spacial score (nSPS) is 23.8. The van der Waals surface area contributed by atoms with Crippen molar-refractivity contribution < 1.29 is 13.5 Å². The fourth-order valence-electron chi connectivity index (χ4n) is 2.50. The number of sulfonamides is 1. The van der Waals surface area contributed by atoms with E-state index in [0.717, 1.165) is 25.7 Å². The summed E-state index contributed by atoms with van der Waals surface area (Å²) in [4.78, 5) is 0.157. The van der Waals surface area contributed by atoms with Gasteiger partial charge in [0.2, 0.25) is 10.0 Å². The fourth-order valence-corrected chi connectivity index (χ4v) is 4.04. The zero-order chi connectivity index (χ0) is 14.8. The number of benzene rings is 1. The third-order valence-electron chi connectivity index (χ3n) is 3.84. The molecule has 20 heavy (non-hydrogen) atoms. The minimum atomic E-state index is -3.55. The number of rotatable bonds is 4. The second-order valence-corrected chi connectivity index (χ2v) is 7.61. The zero-order valence-electron chi connectivity index (χ0n) is 11.5. The maximum absolute atomic E-state index is 12.3. The third-order valence-corrected chi connectivity index (χ3v) is 5.72. The van der Waals surface area contributed by atoms with E-state index in [4.69, 9.17) is 16.7 Å². The Bertz CT molecular complexity index is 566. The van der Waals surface area contributed by atoms with Gasteiger partial charge in [0, 0.05) is 11.1 Å². The van der Waals surface area contributed by atoms with Gasteiger partial charge in [-0.3, -0.25) is 0 Å². The number of aliphatic hydroxyl groups excluding tert-OH is 1. The maximum atomic E-state index is 12.3. The molecule has 1 aromatic rings. The molecule has 4 nitrogen and oxygen atoms in total. The highest BCUT2D eigenvalue weighted by molar-refractivity contribution is 7.89. The molecule has 1 saturated carbocycles. The monoisotopic (exact) mass is 317 g/mol. The average molecular weight is 318 g/mol. The highest BCUT2D eigenvalue weighted by atomic mass is 35.5. The molecular formula is C14H20ClNO3S. The van der Waals surface area contributed by atoms with Crippen LogP contribution in [0, 0.1) is 5.92 Å². The minimum Gasteiger partial charge on any atom is -0.392 e. The van der Waals surface area contributed by atoms with E-state index in [9.17, 15) is 8.42 Å². The van der Waals surface area contributed by atoms with Crippen molar-refractivity contribution in [3.63, 3.8) is 0 Å². The van der Waals surface area contributed by atoms with Gasteiger partial charge in [-0.1, -0.05) is 18.5 Å². The number of halogens is 1. The van der Waals surface area contributed by atoms with Gasteiger partial charge in [0.25, 0.3) is 0 Å². The Morgan fingerprint density at radius 1 is 1.30 bits per heavy atom. The first-order valence-corrected chi connectivity index (χ1v) is 8.70. The van der Waals surface area contributed by atoms with E-state index in [0.29, 0.717) is 16.5 Å². The van der Waals surface area contributed by atoms with E-state index in [1.165, 1.54) is 18.2 Å². The molecule has 0 bridgehead atoms. The summed E-state index contributed by atoms with van der Waals surface area (Å²) >= 11 is 5.88. The van der Waals surface area contributed by atoms with Gasteiger partial charge in [0.15, 0.2) is 0 Å². The molecule has 0 unspecified atom stereocenters. The molecule has 2 rings (SSSR count). The molecule has 0 amide bonds. The molecule has 1 aliphatic carbocycles. The van der Waals surface area contributed by atoms with Crippen molar-refractivity contribution in [1.82, 2.24) is 4.72 Å². The van der Waals surface area contributed by atoms with Crippen LogP contribution in [-0.2, 0) is 16.6 Å². The standard InChI is InChI=1S/C14H20ClNO3S/c1-10-2-4-12(5-3-10)16-20(18,19)13-6-7-14(15)11(8-13)9-17/h6-8,10,12,16-17H,2-5,9H2,1H3. The van der Waals surface area contributed by atoms with Crippen molar-refractivity contribution in [2.24, 2.45) is 5.92 Å². The molecule has 0 radical (unpaired) electrons. The van der Waals surface area contributed by atoms with Crippen molar-refractivity contribution >= 4 is 21.6 Å². The Hall–Kier alpha value is -0.620. The van der Waals surface area contributed by atoms with Crippen LogP contribution in [-0.4, -0.2) is 19.6 Å². The summed E-state index contributed by atoms with van der Waals surface area (Å²) in [6, 6.07) is 4.40. The number of hydrogen-bond acceptors (Lipinski definition) is 3. The van der Waals surface area contributed by atoms with Gasteiger partial charge in [-0.25, -0.2) is 13.1 Å². The van der Waals surface area contributed by atoms with E-state index < -0.39 is 10.0 Å². The summed E-state index contributed by atoms with van der Waals surface area (Å²) in [7, 11) is -3.55. The van der Waals surface area contributed by atoms with E-state index >= 15 is 0 Å². The number of nitrogens with one attached hydrogen (secondary N) is 1. The van der Waals surface area contributed by atoms with E-state index in [1.807, 2.05) is 0 Å². The lowest BCUT2D eigenvalue weighted by Gasteiger charge is -2.26. The molecule has 112 valence electrons. The predicted molar refractivity (Wildman–Crippen MR) is 79.1 cm³/mol. The molecule has 0 aliphatic heterocycles. The van der Waals surface area contributed by atoms with Crippen LogP contribution in [0.5, 0.6) is 0 Å². The Morgan fingerprint density at radius 3 is 2.55 bits per heavy atom. The number of hydrogen-bond donors (Lipinski definition) is 2. The SMILES string of the molecule is CC1CCC(NS(=O)(=O)c2ccc(Cl)c(CO)c2)CC1. The summed E-state index contributed by atoms with van der Waals surface area (Å²) in [5.74, 6) is 0.673. The molecule has 1 aliphatic rings. The first-order chi connectivity index (χ1) is 9.42. The van der Waals surface area contributed by atoms with Crippen molar-refractivity contribution in [3.8, 4) is 0 Å². The first kappa shape index (κ1) is 15.8. The highest BCUT2D eigenvalue weighted by Crippen LogP contribution is 2.26. The van der Waals surface area contributed by atoms with Crippen molar-refractivity contribution in [2.75, 3.05) is 0 Å². The summed E-state index contributed by atoms with van der Waals surface area (Å²) < 4.78 is 27.4. The van der Waals surface area contributed by atoms with Gasteiger partial charge >= 0.3 is 0 Å². The Labute approximate surface area is 125 Å². The molecule has 1 aromatic carbocycles. The van der Waals surface area contributed by atoms with E-state index in [1.54, 1.807) is 0 Å². The topological polar surface area (TPSA) is 66.4 Å². The van der Waals surface area contributed by atoms with Gasteiger partial charge in [-0.15, -0.1) is 0 Å². The van der Waals surface area contributed by atoms with Crippen LogP contribution in [0.15, 0.2) is 23.1 Å². The molecule has 0 aromatic heterocycles. The molecule has 1 fully saturated rings. The summed E-state index contributed by atoms with van der Waals surface area (Å²) in [5.41, 5.74) is 0.423. The quantitative estimate of drug-likeness (QED) is 0.897. The average Bonchev–Trinajstić information content (AvgIpc) is 2.41. The van der Waals surface area contributed by atoms with Crippen LogP contribution in [0.2, 0.25) is 5.02 Å². The second kappa shape index (κ2) is 6.43. The van der Waals surface area contributed by atoms with Crippen LogP contribution in [0.1, 0.15) is 38.2 Å². The van der Waals surface area contributed by atoms with Gasteiger partial charge in [-0.05, 0) is 55.4 Å². The van der Waals surface area contributed by atoms with Crippen molar-refractivity contribution in [1.29, 1.82) is 0 Å². The van der Waals surface area contributed by atoms with E-state index in [-0.39, 0.29) is 17.5 Å². The molecule has 2 N–H and O–H groups in total. The molecule has 0 atom stereocenters. The summed E-state index contributed by atoms with van der Waals surface area (Å²) in [6.45, 7) is 1.92. The smallest absolute Gasteiger partial charge is 0.240 e. The van der Waals surface area contributed by atoms with Gasteiger partial charge in [0.1, 0.15) is 0 Å². The van der Waals surface area contributed by atoms with E-state index in [2.05, 4.69) is 11.6 Å². The second-order valence-electron chi connectivity index (χ2n) is 5.49. The minimum absolute atomic E-state index is 0.00412. The molecule has 0 spiro atoms. The zero-order valence-corrected chi connectivity index (χ0v) is 13.0. The van der Waals surface area contributed by atoms with Crippen molar-refractivity contribution in [3.05, 3.63) is 28.8 Å². The molecule has 0 heterocycles. The largest absolute Gasteiger partial charge is 0.392 e. The Morgan fingerprint density at radius 2 is 1.95 bits per heavy atom. The summed E-state index contributed by atoms with van der Waals surface area (Å²) in [6.07, 6.45) is 3.85. The van der Waals surface area contributed by atoms with Gasteiger partial charge in [0.05, 0.1) is 11.5 Å². The van der Waals surface area contributed by atoms with Gasteiger partial charge < -0.3 is 5.11 Å². The van der Waals surface area contributed by atoms with Gasteiger partial charge in [-0.2, -0.15) is 0 Å². The van der Waals surface area contributed by atoms with Crippen LogP contribution >= 0.6 is 11.6 Å². The Kier molecular flexibility index (Phi) is 5.07. The molecule has 6 heteroatoms. The van der Waals surface area contributed by atoms with Crippen LogP contribution < -0.4 is 4.72 Å². The highest BCUT2D eigenvalue weighted by Gasteiger charge is 2.24. The van der Waals surface area contributed by atoms with Crippen LogP contribution in [0.25, 0.3) is 0 Å². The Balaban J connectivity index is 2.14. The third kappa shape index (κ3) is 3.73. The summed E-state index contributed by atoms with van der Waals surface area (Å²) in [5, 5.41) is 9.53. The lowest BCUT2D eigenvalue weighted by molar-refractivity contribution is 0.281. The number of aliphatic hydroxyl groups is 1. The fraction of sp³-hybridized carbons (Fsp3) is 0.571. The van der Waals surface area contributed by atoms with Crippen molar-refractivity contribution in [2.45, 2.75) is 50.2 Å².